The molecule has 1 N–H and O–H groups in total. The van der Waals surface area contributed by atoms with Crippen LogP contribution in [0.1, 0.15) is 53.5 Å². The molecule has 0 unspecified atom stereocenters. The van der Waals surface area contributed by atoms with Crippen LogP contribution in [0.15, 0.2) is 22.7 Å². The molecule has 0 aliphatic heterocycles. The number of hydrogen-bond donors (Lipinski definition) is 1. The topological polar surface area (TPSA) is 15.3 Å². The summed E-state index contributed by atoms with van der Waals surface area (Å²) < 4.78 is 1.19. The predicted octanol–water partition coefficient (Wildman–Crippen LogP) is 4.96. The number of nitrogens with zero attached hydrogens (tertiary/aromatic N) is 1. The molecule has 0 spiro atoms. The summed E-state index contributed by atoms with van der Waals surface area (Å²) in [6, 6.07) is 7.24. The Bertz CT molecular complexity index is 421. The normalized spacial score (nSPS) is 12.0. The molecule has 20 heavy (non-hydrogen) atoms. The maximum absolute atomic E-state index is 3.72. The lowest BCUT2D eigenvalue weighted by molar-refractivity contribution is 0.424. The van der Waals surface area contributed by atoms with E-state index in [4.69, 9.17) is 0 Å². The van der Waals surface area contributed by atoms with Gasteiger partial charge in [-0.3, -0.25) is 0 Å². The van der Waals surface area contributed by atoms with Gasteiger partial charge in [-0.25, -0.2) is 0 Å². The molecule has 2 nitrogen and oxygen atoms in total. The minimum absolute atomic E-state index is 0.143. The molecular formula is C17H29BrN2. The monoisotopic (exact) mass is 340 g/mol. The summed E-state index contributed by atoms with van der Waals surface area (Å²) in [6.07, 6.45) is 1.17. The minimum atomic E-state index is 0.143. The van der Waals surface area contributed by atoms with Crippen LogP contribution in [-0.2, 0) is 6.54 Å². The molecule has 0 fully saturated rings. The lowest BCUT2D eigenvalue weighted by Gasteiger charge is -2.29. The molecule has 0 bridgehead atoms. The van der Waals surface area contributed by atoms with Crippen molar-refractivity contribution in [1.29, 1.82) is 0 Å². The van der Waals surface area contributed by atoms with Crippen LogP contribution in [0.5, 0.6) is 0 Å². The highest BCUT2D eigenvalue weighted by Crippen LogP contribution is 2.26. The average Bonchev–Trinajstić information content (AvgIpc) is 2.33. The Hall–Kier alpha value is -0.540. The van der Waals surface area contributed by atoms with Crippen molar-refractivity contribution in [2.75, 3.05) is 11.4 Å². The molecule has 0 saturated heterocycles. The van der Waals surface area contributed by atoms with E-state index in [2.05, 4.69) is 85.9 Å². The second-order valence-corrected chi connectivity index (χ2v) is 7.52. The van der Waals surface area contributed by atoms with Gasteiger partial charge in [0.15, 0.2) is 0 Å². The number of rotatable bonds is 6. The first-order valence-electron chi connectivity index (χ1n) is 7.54. The van der Waals surface area contributed by atoms with Gasteiger partial charge in [-0.15, -0.1) is 0 Å². The Balaban J connectivity index is 2.86. The molecule has 0 heterocycles. The number of nitrogens with one attached hydrogen (secondary N) is 1. The van der Waals surface area contributed by atoms with Gasteiger partial charge in [0, 0.05) is 34.8 Å². The first-order chi connectivity index (χ1) is 9.24. The molecule has 0 aliphatic carbocycles. The van der Waals surface area contributed by atoms with Crippen LogP contribution >= 0.6 is 15.9 Å². The second kappa shape index (κ2) is 7.46. The van der Waals surface area contributed by atoms with Crippen molar-refractivity contribution in [3.63, 3.8) is 0 Å². The van der Waals surface area contributed by atoms with Gasteiger partial charge < -0.3 is 10.2 Å². The molecule has 0 aliphatic rings. The van der Waals surface area contributed by atoms with Crippen LogP contribution in [-0.4, -0.2) is 18.1 Å². The highest BCUT2D eigenvalue weighted by Gasteiger charge is 2.13. The van der Waals surface area contributed by atoms with Gasteiger partial charge in [-0.05, 0) is 58.7 Å². The standard InChI is InChI=1S/C17H29BrN2/c1-7-10-20(13(2)3)15-9-8-14(16(18)11-15)12-19-17(4,5)6/h8-9,11,13,19H,7,10,12H2,1-6H3. The highest BCUT2D eigenvalue weighted by molar-refractivity contribution is 9.10. The van der Waals surface area contributed by atoms with E-state index in [0.717, 1.165) is 13.1 Å². The average molecular weight is 341 g/mol. The van der Waals surface area contributed by atoms with Gasteiger partial charge in [-0.2, -0.15) is 0 Å². The fraction of sp³-hybridized carbons (Fsp3) is 0.647. The number of hydrogen-bond acceptors (Lipinski definition) is 2. The zero-order valence-corrected chi connectivity index (χ0v) is 15.3. The highest BCUT2D eigenvalue weighted by atomic mass is 79.9. The summed E-state index contributed by atoms with van der Waals surface area (Å²) in [5, 5.41) is 3.53. The summed E-state index contributed by atoms with van der Waals surface area (Å²) in [6.45, 7) is 15.3. The largest absolute Gasteiger partial charge is 0.369 e. The minimum Gasteiger partial charge on any atom is -0.369 e. The summed E-state index contributed by atoms with van der Waals surface area (Å²) in [5.74, 6) is 0. The lowest BCUT2D eigenvalue weighted by atomic mass is 10.1. The van der Waals surface area contributed by atoms with E-state index in [0.29, 0.717) is 6.04 Å². The smallest absolute Gasteiger partial charge is 0.0380 e. The zero-order valence-electron chi connectivity index (χ0n) is 13.8. The Morgan fingerprint density at radius 1 is 1.25 bits per heavy atom. The van der Waals surface area contributed by atoms with Crippen LogP contribution < -0.4 is 10.2 Å². The summed E-state index contributed by atoms with van der Waals surface area (Å²) >= 11 is 3.72. The summed E-state index contributed by atoms with van der Waals surface area (Å²) in [7, 11) is 0. The number of benzene rings is 1. The Morgan fingerprint density at radius 3 is 2.35 bits per heavy atom. The molecule has 0 saturated carbocycles. The van der Waals surface area contributed by atoms with E-state index in [1.807, 2.05) is 0 Å². The van der Waals surface area contributed by atoms with E-state index in [1.165, 1.54) is 22.1 Å². The van der Waals surface area contributed by atoms with Gasteiger partial charge >= 0.3 is 0 Å². The van der Waals surface area contributed by atoms with Crippen LogP contribution in [0.25, 0.3) is 0 Å². The maximum atomic E-state index is 3.72. The van der Waals surface area contributed by atoms with Gasteiger partial charge in [0.05, 0.1) is 0 Å². The quantitative estimate of drug-likeness (QED) is 0.786. The van der Waals surface area contributed by atoms with Gasteiger partial charge in [0.2, 0.25) is 0 Å². The van der Waals surface area contributed by atoms with Crippen molar-refractivity contribution in [2.45, 2.75) is 66.1 Å². The SMILES string of the molecule is CCCN(c1ccc(CNC(C)(C)C)c(Br)c1)C(C)C. The fourth-order valence-electron chi connectivity index (χ4n) is 2.14. The van der Waals surface area contributed by atoms with Crippen molar-refractivity contribution < 1.29 is 0 Å². The van der Waals surface area contributed by atoms with Crippen molar-refractivity contribution in [2.24, 2.45) is 0 Å². The van der Waals surface area contributed by atoms with Crippen LogP contribution in [0.3, 0.4) is 0 Å². The first kappa shape index (κ1) is 17.5. The summed E-state index contributed by atoms with van der Waals surface area (Å²) in [4.78, 5) is 2.45. The summed E-state index contributed by atoms with van der Waals surface area (Å²) in [5.41, 5.74) is 2.75. The molecular weight excluding hydrogens is 312 g/mol. The fourth-order valence-corrected chi connectivity index (χ4v) is 2.65. The van der Waals surface area contributed by atoms with E-state index >= 15 is 0 Å². The third-order valence-corrected chi connectivity index (χ3v) is 4.00. The molecule has 0 amide bonds. The molecule has 0 aromatic heterocycles. The third-order valence-electron chi connectivity index (χ3n) is 3.27. The van der Waals surface area contributed by atoms with Crippen molar-refractivity contribution in [3.8, 4) is 0 Å². The van der Waals surface area contributed by atoms with Crippen molar-refractivity contribution in [1.82, 2.24) is 5.32 Å². The molecule has 1 aromatic carbocycles. The molecule has 114 valence electrons. The molecule has 1 rings (SSSR count). The predicted molar refractivity (Wildman–Crippen MR) is 93.5 cm³/mol. The molecule has 3 heteroatoms. The van der Waals surface area contributed by atoms with Crippen LogP contribution in [0.4, 0.5) is 5.69 Å². The van der Waals surface area contributed by atoms with Crippen LogP contribution in [0.2, 0.25) is 0 Å². The third kappa shape index (κ3) is 5.45. The maximum Gasteiger partial charge on any atom is 0.0380 e. The Kier molecular flexibility index (Phi) is 6.53. The first-order valence-corrected chi connectivity index (χ1v) is 8.34. The van der Waals surface area contributed by atoms with E-state index in [1.54, 1.807) is 0 Å². The molecule has 0 radical (unpaired) electrons. The van der Waals surface area contributed by atoms with Crippen molar-refractivity contribution in [3.05, 3.63) is 28.2 Å². The van der Waals surface area contributed by atoms with Gasteiger partial charge in [0.25, 0.3) is 0 Å². The number of halogens is 1. The molecule has 0 atom stereocenters. The molecule has 1 aromatic rings. The van der Waals surface area contributed by atoms with Crippen molar-refractivity contribution >= 4 is 21.6 Å². The lowest BCUT2D eigenvalue weighted by Crippen LogP contribution is -2.35. The zero-order chi connectivity index (χ0) is 15.3. The Morgan fingerprint density at radius 2 is 1.90 bits per heavy atom. The van der Waals surface area contributed by atoms with E-state index in [9.17, 15) is 0 Å². The van der Waals surface area contributed by atoms with E-state index < -0.39 is 0 Å². The van der Waals surface area contributed by atoms with E-state index in [-0.39, 0.29) is 5.54 Å². The Labute approximate surface area is 133 Å². The van der Waals surface area contributed by atoms with Gasteiger partial charge in [0.1, 0.15) is 0 Å². The van der Waals surface area contributed by atoms with Crippen LogP contribution in [0, 0.1) is 0 Å². The van der Waals surface area contributed by atoms with Gasteiger partial charge in [-0.1, -0.05) is 28.9 Å². The number of anilines is 1. The second-order valence-electron chi connectivity index (χ2n) is 6.67.